The summed E-state index contributed by atoms with van der Waals surface area (Å²) in [6.07, 6.45) is 1.66. The molecule has 0 fully saturated rings. The number of rotatable bonds is 2. The maximum Gasteiger partial charge on any atom is 0.0722 e. The Morgan fingerprint density at radius 2 is 2.56 bits per heavy atom. The molecule has 0 unspecified atom stereocenters. The number of hydrogen-bond donors (Lipinski definition) is 1. The van der Waals surface area contributed by atoms with Crippen LogP contribution in [0.15, 0.2) is 6.20 Å². The van der Waals surface area contributed by atoms with Gasteiger partial charge in [0.25, 0.3) is 0 Å². The Labute approximate surface area is 53.1 Å². The Morgan fingerprint density at radius 1 is 1.78 bits per heavy atom. The Morgan fingerprint density at radius 3 is 3.00 bits per heavy atom. The van der Waals surface area contributed by atoms with Gasteiger partial charge in [-0.2, -0.15) is 0 Å². The smallest absolute Gasteiger partial charge is 0.0722 e. The Balaban J connectivity index is 2.69. The molecule has 4 heteroatoms. The van der Waals surface area contributed by atoms with Gasteiger partial charge in [-0.15, -0.1) is 5.10 Å². The maximum absolute atomic E-state index is 8.47. The Hall–Kier alpha value is -0.900. The summed E-state index contributed by atoms with van der Waals surface area (Å²) in [5, 5.41) is 15.8. The van der Waals surface area contributed by atoms with Gasteiger partial charge in [-0.25, -0.2) is 4.68 Å². The minimum absolute atomic E-state index is 0.115. The molecule has 0 saturated heterocycles. The van der Waals surface area contributed by atoms with Gasteiger partial charge in [0, 0.05) is 0 Å². The van der Waals surface area contributed by atoms with E-state index < -0.39 is 0 Å². The zero-order chi connectivity index (χ0) is 6.69. The zero-order valence-corrected chi connectivity index (χ0v) is 5.28. The summed E-state index contributed by atoms with van der Waals surface area (Å²) in [5.74, 6) is 0. The zero-order valence-electron chi connectivity index (χ0n) is 5.28. The molecule has 0 bridgehead atoms. The first-order chi connectivity index (χ1) is 4.34. The maximum atomic E-state index is 8.47. The third-order valence-electron chi connectivity index (χ3n) is 1.12. The highest BCUT2D eigenvalue weighted by Gasteiger charge is 1.93. The minimum Gasteiger partial charge on any atom is -0.394 e. The molecule has 1 aromatic heterocycles. The predicted molar refractivity (Wildman–Crippen MR) is 31.8 cm³/mol. The van der Waals surface area contributed by atoms with Crippen molar-refractivity contribution in [3.63, 3.8) is 0 Å². The topological polar surface area (TPSA) is 50.9 Å². The molecule has 1 aromatic rings. The summed E-state index contributed by atoms with van der Waals surface area (Å²) in [5.41, 5.74) is 0.976. The van der Waals surface area contributed by atoms with E-state index in [0.717, 1.165) is 5.69 Å². The SMILES string of the molecule is Cc1cnnn1CCO. The van der Waals surface area contributed by atoms with Crippen molar-refractivity contribution >= 4 is 0 Å². The van der Waals surface area contributed by atoms with Gasteiger partial charge in [-0.1, -0.05) is 5.21 Å². The molecule has 1 rings (SSSR count). The lowest BCUT2D eigenvalue weighted by atomic mass is 10.5. The molecule has 1 heterocycles. The third kappa shape index (κ3) is 1.26. The average Bonchev–Trinajstić information content (AvgIpc) is 2.18. The van der Waals surface area contributed by atoms with E-state index >= 15 is 0 Å². The molecule has 0 radical (unpaired) electrons. The van der Waals surface area contributed by atoms with Crippen molar-refractivity contribution in [3.05, 3.63) is 11.9 Å². The Kier molecular flexibility index (Phi) is 1.79. The van der Waals surface area contributed by atoms with Crippen molar-refractivity contribution in [2.75, 3.05) is 6.61 Å². The molecule has 0 aromatic carbocycles. The van der Waals surface area contributed by atoms with Crippen LogP contribution >= 0.6 is 0 Å². The summed E-state index contributed by atoms with van der Waals surface area (Å²) in [6, 6.07) is 0. The van der Waals surface area contributed by atoms with Gasteiger partial charge in [-0.05, 0) is 6.92 Å². The molecule has 0 aliphatic heterocycles. The summed E-state index contributed by atoms with van der Waals surface area (Å²) >= 11 is 0. The molecule has 0 amide bonds. The lowest BCUT2D eigenvalue weighted by Gasteiger charge is -1.96. The monoisotopic (exact) mass is 127 g/mol. The fourth-order valence-corrected chi connectivity index (χ4v) is 0.625. The second-order valence-corrected chi connectivity index (χ2v) is 1.82. The lowest BCUT2D eigenvalue weighted by molar-refractivity contribution is 0.266. The van der Waals surface area contributed by atoms with Gasteiger partial charge >= 0.3 is 0 Å². The minimum atomic E-state index is 0.115. The molecule has 0 aliphatic carbocycles. The van der Waals surface area contributed by atoms with Gasteiger partial charge in [0.05, 0.1) is 25.0 Å². The summed E-state index contributed by atoms with van der Waals surface area (Å²) in [4.78, 5) is 0. The molecule has 4 nitrogen and oxygen atoms in total. The van der Waals surface area contributed by atoms with Crippen molar-refractivity contribution in [2.24, 2.45) is 0 Å². The number of aliphatic hydroxyl groups is 1. The number of aromatic nitrogens is 3. The quantitative estimate of drug-likeness (QED) is 0.587. The molecule has 50 valence electrons. The van der Waals surface area contributed by atoms with Crippen molar-refractivity contribution in [2.45, 2.75) is 13.5 Å². The van der Waals surface area contributed by atoms with E-state index in [1.54, 1.807) is 10.9 Å². The molecule has 1 N–H and O–H groups in total. The van der Waals surface area contributed by atoms with Crippen LogP contribution in [-0.2, 0) is 6.54 Å². The van der Waals surface area contributed by atoms with Crippen LogP contribution in [0.25, 0.3) is 0 Å². The molecular formula is C5H9N3O. The van der Waals surface area contributed by atoms with E-state index in [1.165, 1.54) is 0 Å². The Bertz CT molecular complexity index is 184. The van der Waals surface area contributed by atoms with Gasteiger partial charge in [0.1, 0.15) is 0 Å². The lowest BCUT2D eigenvalue weighted by Crippen LogP contribution is -2.05. The van der Waals surface area contributed by atoms with Crippen LogP contribution in [-0.4, -0.2) is 26.7 Å². The van der Waals surface area contributed by atoms with Gasteiger partial charge < -0.3 is 5.11 Å². The van der Waals surface area contributed by atoms with E-state index in [0.29, 0.717) is 6.54 Å². The van der Waals surface area contributed by atoms with E-state index in [4.69, 9.17) is 5.11 Å². The van der Waals surface area contributed by atoms with E-state index in [9.17, 15) is 0 Å². The molecule has 0 aliphatic rings. The van der Waals surface area contributed by atoms with Crippen LogP contribution in [0, 0.1) is 6.92 Å². The summed E-state index contributed by atoms with van der Waals surface area (Å²) in [7, 11) is 0. The summed E-state index contributed by atoms with van der Waals surface area (Å²) in [6.45, 7) is 2.55. The van der Waals surface area contributed by atoms with Gasteiger partial charge in [0.2, 0.25) is 0 Å². The fraction of sp³-hybridized carbons (Fsp3) is 0.600. The third-order valence-corrected chi connectivity index (χ3v) is 1.12. The highest BCUT2D eigenvalue weighted by molar-refractivity contribution is 4.87. The number of aryl methyl sites for hydroxylation is 1. The number of aliphatic hydroxyl groups excluding tert-OH is 1. The fourth-order valence-electron chi connectivity index (χ4n) is 0.625. The van der Waals surface area contributed by atoms with E-state index in [-0.39, 0.29) is 6.61 Å². The number of hydrogen-bond acceptors (Lipinski definition) is 3. The number of nitrogens with zero attached hydrogens (tertiary/aromatic N) is 3. The average molecular weight is 127 g/mol. The second-order valence-electron chi connectivity index (χ2n) is 1.82. The standard InChI is InChI=1S/C5H9N3O/c1-5-4-6-7-8(5)2-3-9/h4,9H,2-3H2,1H3. The first kappa shape index (κ1) is 6.22. The second kappa shape index (κ2) is 2.59. The molecule has 9 heavy (non-hydrogen) atoms. The van der Waals surface area contributed by atoms with E-state index in [2.05, 4.69) is 10.3 Å². The van der Waals surface area contributed by atoms with Crippen LogP contribution in [0.4, 0.5) is 0 Å². The largest absolute Gasteiger partial charge is 0.394 e. The van der Waals surface area contributed by atoms with Crippen molar-refractivity contribution in [1.82, 2.24) is 15.0 Å². The van der Waals surface area contributed by atoms with Crippen LogP contribution < -0.4 is 0 Å². The molecule has 0 spiro atoms. The highest BCUT2D eigenvalue weighted by Crippen LogP contribution is 1.90. The molecule has 0 atom stereocenters. The summed E-state index contributed by atoms with van der Waals surface area (Å²) < 4.78 is 1.65. The first-order valence-corrected chi connectivity index (χ1v) is 2.80. The van der Waals surface area contributed by atoms with Crippen molar-refractivity contribution < 1.29 is 5.11 Å². The highest BCUT2D eigenvalue weighted by atomic mass is 16.3. The van der Waals surface area contributed by atoms with Gasteiger partial charge in [-0.3, -0.25) is 0 Å². The normalized spacial score (nSPS) is 10.0. The van der Waals surface area contributed by atoms with Gasteiger partial charge in [0.15, 0.2) is 0 Å². The van der Waals surface area contributed by atoms with Crippen LogP contribution in [0.1, 0.15) is 5.69 Å². The predicted octanol–water partition coefficient (Wildman–Crippen LogP) is -0.421. The molecule has 0 saturated carbocycles. The van der Waals surface area contributed by atoms with Crippen LogP contribution in [0.2, 0.25) is 0 Å². The van der Waals surface area contributed by atoms with Crippen LogP contribution in [0.5, 0.6) is 0 Å². The van der Waals surface area contributed by atoms with Crippen molar-refractivity contribution in [3.8, 4) is 0 Å². The molecular weight excluding hydrogens is 118 g/mol. The van der Waals surface area contributed by atoms with E-state index in [1.807, 2.05) is 6.92 Å². The first-order valence-electron chi connectivity index (χ1n) is 2.80. The van der Waals surface area contributed by atoms with Crippen LogP contribution in [0.3, 0.4) is 0 Å². The van der Waals surface area contributed by atoms with Crippen molar-refractivity contribution in [1.29, 1.82) is 0 Å².